The number of hydrogen-bond donors (Lipinski definition) is 2. The summed E-state index contributed by atoms with van der Waals surface area (Å²) in [6.45, 7) is 4.58. The molecular formula is C33H27F5N2O5. The van der Waals surface area contributed by atoms with E-state index in [1.807, 2.05) is 0 Å². The Morgan fingerprint density at radius 1 is 1.00 bits per heavy atom. The number of aromatic nitrogens is 1. The third kappa shape index (κ3) is 5.92. The summed E-state index contributed by atoms with van der Waals surface area (Å²) < 4.78 is 79.3. The number of carbonyl (C=O) groups is 2. The van der Waals surface area contributed by atoms with Gasteiger partial charge >= 0.3 is 12.1 Å². The Morgan fingerprint density at radius 3 is 2.40 bits per heavy atom. The molecule has 2 atom stereocenters. The monoisotopic (exact) mass is 626 g/mol. The number of aliphatic carboxylic acids is 1. The van der Waals surface area contributed by atoms with Crippen molar-refractivity contribution in [3.63, 3.8) is 0 Å². The Hall–Kier alpha value is -5.00. The summed E-state index contributed by atoms with van der Waals surface area (Å²) >= 11 is 0. The van der Waals surface area contributed by atoms with Crippen molar-refractivity contribution in [3.8, 4) is 22.6 Å². The largest absolute Gasteiger partial charge is 0.481 e. The first-order valence-electron chi connectivity index (χ1n) is 13.9. The predicted molar refractivity (Wildman–Crippen MR) is 154 cm³/mol. The highest BCUT2D eigenvalue weighted by molar-refractivity contribution is 5.85. The summed E-state index contributed by atoms with van der Waals surface area (Å²) in [7, 11) is 0. The molecule has 0 aliphatic carbocycles. The molecule has 0 spiro atoms. The molecule has 0 saturated carbocycles. The second-order valence-electron chi connectivity index (χ2n) is 10.8. The zero-order valence-electron chi connectivity index (χ0n) is 24.3. The number of carboxylic acids is 1. The molecule has 2 heterocycles. The predicted octanol–water partition coefficient (Wildman–Crippen LogP) is 7.02. The number of ether oxygens (including phenoxy) is 1. The van der Waals surface area contributed by atoms with Gasteiger partial charge in [-0.3, -0.25) is 19.0 Å². The lowest BCUT2D eigenvalue weighted by molar-refractivity contribution is -0.139. The minimum Gasteiger partial charge on any atom is -0.481 e. The fraction of sp³-hybridized carbons (Fsp3) is 0.242. The summed E-state index contributed by atoms with van der Waals surface area (Å²) in [6.07, 6.45) is -5.31. The van der Waals surface area contributed by atoms with E-state index in [1.54, 1.807) is 31.2 Å². The van der Waals surface area contributed by atoms with Crippen molar-refractivity contribution in [2.24, 2.45) is 0 Å². The zero-order valence-corrected chi connectivity index (χ0v) is 24.3. The van der Waals surface area contributed by atoms with Crippen molar-refractivity contribution < 1.29 is 41.4 Å². The number of benzene rings is 3. The Morgan fingerprint density at radius 2 is 1.73 bits per heavy atom. The maximum atomic E-state index is 15.7. The van der Waals surface area contributed by atoms with Gasteiger partial charge in [-0.05, 0) is 79.4 Å². The maximum Gasteiger partial charge on any atom is 0.416 e. The van der Waals surface area contributed by atoms with Crippen molar-refractivity contribution in [1.29, 1.82) is 0 Å². The van der Waals surface area contributed by atoms with Crippen LogP contribution in [0.5, 0.6) is 11.5 Å². The van der Waals surface area contributed by atoms with Gasteiger partial charge in [0.15, 0.2) is 0 Å². The Bertz CT molecular complexity index is 1900. The van der Waals surface area contributed by atoms with Crippen LogP contribution in [0.3, 0.4) is 0 Å². The SMILES string of the molecule is CCc1c(C(F)(F)F)ccn(C2C(=O)NC(CC(=O)O)c3cc(cc(C)c3F)-c3c(C)cccc3Oc3ccc(F)c2c3)c1=O. The molecule has 0 saturated heterocycles. The second kappa shape index (κ2) is 11.8. The number of nitrogens with zero attached hydrogens (tertiary/aromatic N) is 1. The lowest BCUT2D eigenvalue weighted by Crippen LogP contribution is -2.41. The van der Waals surface area contributed by atoms with E-state index in [4.69, 9.17) is 4.74 Å². The van der Waals surface area contributed by atoms with Crippen LogP contribution in [-0.4, -0.2) is 21.6 Å². The van der Waals surface area contributed by atoms with Crippen LogP contribution in [0.25, 0.3) is 11.1 Å². The quantitative estimate of drug-likeness (QED) is 0.238. The van der Waals surface area contributed by atoms with Gasteiger partial charge in [0.05, 0.1) is 18.0 Å². The van der Waals surface area contributed by atoms with Crippen LogP contribution in [-0.2, 0) is 22.2 Å². The standard InChI is InChI=1S/C33H27F5N2O5/c1-4-20-23(33(36,37)38)10-11-40(32(20)44)30-21-14-19(8-9-24(21)34)45-26-7-5-6-16(2)28(26)18-12-17(3)29(35)22(13-18)25(15-27(41)42)39-31(30)43/h5-14,25,30H,4,15H2,1-3H3,(H,39,43)(H,41,42). The highest BCUT2D eigenvalue weighted by Crippen LogP contribution is 2.40. The number of halogens is 5. The molecule has 4 aromatic rings. The summed E-state index contributed by atoms with van der Waals surface area (Å²) in [5, 5.41) is 12.2. The maximum absolute atomic E-state index is 15.7. The van der Waals surface area contributed by atoms with Crippen molar-refractivity contribution in [3.05, 3.63) is 116 Å². The van der Waals surface area contributed by atoms with Crippen molar-refractivity contribution >= 4 is 11.9 Å². The van der Waals surface area contributed by atoms with Crippen molar-refractivity contribution in [2.45, 2.75) is 51.9 Å². The smallest absolute Gasteiger partial charge is 0.416 e. The molecule has 1 amide bonds. The second-order valence-corrected chi connectivity index (χ2v) is 10.8. The average molecular weight is 627 g/mol. The van der Waals surface area contributed by atoms with Crippen LogP contribution in [0.2, 0.25) is 0 Å². The molecule has 0 radical (unpaired) electrons. The molecule has 1 aromatic heterocycles. The van der Waals surface area contributed by atoms with Crippen molar-refractivity contribution in [2.75, 3.05) is 0 Å². The number of fused-ring (bicyclic) bond motifs is 6. The molecule has 4 bridgehead atoms. The highest BCUT2D eigenvalue weighted by atomic mass is 19.4. The van der Waals surface area contributed by atoms with E-state index >= 15 is 8.78 Å². The first kappa shape index (κ1) is 31.4. The summed E-state index contributed by atoms with van der Waals surface area (Å²) in [4.78, 5) is 39.5. The van der Waals surface area contributed by atoms with Gasteiger partial charge in [0, 0.05) is 28.5 Å². The fourth-order valence-electron chi connectivity index (χ4n) is 5.70. The van der Waals surface area contributed by atoms with Crippen LogP contribution < -0.4 is 15.6 Å². The minimum atomic E-state index is -4.88. The van der Waals surface area contributed by atoms with Crippen LogP contribution in [0, 0.1) is 25.5 Å². The van der Waals surface area contributed by atoms with E-state index < -0.39 is 70.4 Å². The van der Waals surface area contributed by atoms with Crippen LogP contribution >= 0.6 is 0 Å². The number of nitrogens with one attached hydrogen (secondary N) is 1. The number of carbonyl (C=O) groups excluding carboxylic acids is 1. The van der Waals surface area contributed by atoms with Gasteiger partial charge in [-0.25, -0.2) is 8.78 Å². The fourth-order valence-corrected chi connectivity index (χ4v) is 5.70. The van der Waals surface area contributed by atoms with Gasteiger partial charge < -0.3 is 15.2 Å². The van der Waals surface area contributed by atoms with E-state index in [9.17, 15) is 32.7 Å². The van der Waals surface area contributed by atoms with Gasteiger partial charge in [-0.15, -0.1) is 0 Å². The molecule has 2 unspecified atom stereocenters. The molecule has 0 fully saturated rings. The average Bonchev–Trinajstić information content (AvgIpc) is 2.96. The molecule has 234 valence electrons. The first-order chi connectivity index (χ1) is 21.2. The van der Waals surface area contributed by atoms with Crippen molar-refractivity contribution in [1.82, 2.24) is 9.88 Å². The lowest BCUT2D eigenvalue weighted by Gasteiger charge is -2.26. The summed E-state index contributed by atoms with van der Waals surface area (Å²) in [5.41, 5.74) is -1.90. The number of carboxylic acid groups (broad SMARTS) is 1. The molecule has 3 aromatic carbocycles. The molecule has 5 rings (SSSR count). The third-order valence-electron chi connectivity index (χ3n) is 7.77. The van der Waals surface area contributed by atoms with Gasteiger partial charge in [0.1, 0.15) is 29.2 Å². The molecular weight excluding hydrogens is 599 g/mol. The number of pyridine rings is 1. The van der Waals surface area contributed by atoms with E-state index in [1.165, 1.54) is 26.0 Å². The summed E-state index contributed by atoms with van der Waals surface area (Å²) in [6, 6.07) is 8.59. The van der Waals surface area contributed by atoms with Gasteiger partial charge in [0.25, 0.3) is 5.56 Å². The minimum absolute atomic E-state index is 0.0344. The number of aryl methyl sites for hydroxylation is 2. The normalized spacial score (nSPS) is 16.4. The van der Waals surface area contributed by atoms with E-state index in [2.05, 4.69) is 5.32 Å². The first-order valence-corrected chi connectivity index (χ1v) is 13.9. The number of alkyl halides is 3. The van der Waals surface area contributed by atoms with Gasteiger partial charge in [0.2, 0.25) is 5.91 Å². The molecule has 2 N–H and O–H groups in total. The lowest BCUT2D eigenvalue weighted by atomic mass is 9.92. The third-order valence-corrected chi connectivity index (χ3v) is 7.77. The zero-order chi connectivity index (χ0) is 32.8. The molecule has 45 heavy (non-hydrogen) atoms. The molecule has 1 aliphatic heterocycles. The van der Waals surface area contributed by atoms with Crippen LogP contribution in [0.4, 0.5) is 22.0 Å². The molecule has 7 nitrogen and oxygen atoms in total. The Kier molecular flexibility index (Phi) is 8.26. The van der Waals surface area contributed by atoms with E-state index in [0.717, 1.165) is 18.3 Å². The number of hydrogen-bond acceptors (Lipinski definition) is 4. The Balaban J connectivity index is 1.84. The van der Waals surface area contributed by atoms with E-state index in [-0.39, 0.29) is 29.0 Å². The van der Waals surface area contributed by atoms with Gasteiger partial charge in [-0.2, -0.15) is 13.2 Å². The number of amides is 1. The Labute approximate surface area is 253 Å². The number of rotatable bonds is 4. The summed E-state index contributed by atoms with van der Waals surface area (Å²) in [5.74, 6) is -4.06. The topological polar surface area (TPSA) is 97.6 Å². The van der Waals surface area contributed by atoms with E-state index in [0.29, 0.717) is 27.3 Å². The molecule has 12 heteroatoms. The van der Waals surface area contributed by atoms with Gasteiger partial charge in [-0.1, -0.05) is 19.1 Å². The highest BCUT2D eigenvalue weighted by Gasteiger charge is 2.37. The van der Waals surface area contributed by atoms with Crippen LogP contribution in [0.1, 0.15) is 58.8 Å². The molecule has 1 aliphatic rings. The van der Waals surface area contributed by atoms with Crippen LogP contribution in [0.15, 0.2) is 65.6 Å².